The molecular weight excluding hydrogens is 424 g/mol. The molecule has 0 saturated heterocycles. The normalized spacial score (nSPS) is 12.9. The fraction of sp³-hybridized carbons (Fsp3) is 0.182. The van der Waals surface area contributed by atoms with Crippen molar-refractivity contribution in [3.05, 3.63) is 70.6 Å². The van der Waals surface area contributed by atoms with E-state index in [1.165, 1.54) is 11.3 Å². The largest absolute Gasteiger partial charge is 0.486 e. The molecule has 8 heteroatoms. The SMILES string of the molecule is Cc1ccc(Cl)c2sc(N(Cc3ccco3)C(=O)c3ccc4c(c3)OCCO4)nc12. The van der Waals surface area contributed by atoms with E-state index in [2.05, 4.69) is 0 Å². The first-order chi connectivity index (χ1) is 14.6. The average molecular weight is 441 g/mol. The number of hydrogen-bond donors (Lipinski definition) is 0. The number of halogens is 1. The van der Waals surface area contributed by atoms with Gasteiger partial charge in [0.25, 0.3) is 5.91 Å². The molecule has 2 aromatic heterocycles. The predicted molar refractivity (Wildman–Crippen MR) is 116 cm³/mol. The zero-order valence-electron chi connectivity index (χ0n) is 16.1. The number of anilines is 1. The van der Waals surface area contributed by atoms with Gasteiger partial charge in [-0.25, -0.2) is 4.98 Å². The Labute approximate surface area is 181 Å². The summed E-state index contributed by atoms with van der Waals surface area (Å²) in [6.07, 6.45) is 1.58. The van der Waals surface area contributed by atoms with E-state index >= 15 is 0 Å². The van der Waals surface area contributed by atoms with Gasteiger partial charge in [-0.1, -0.05) is 29.0 Å². The van der Waals surface area contributed by atoms with Crippen LogP contribution in [0.2, 0.25) is 5.02 Å². The van der Waals surface area contributed by atoms with Crippen molar-refractivity contribution in [3.8, 4) is 11.5 Å². The summed E-state index contributed by atoms with van der Waals surface area (Å²) in [5, 5.41) is 1.17. The summed E-state index contributed by atoms with van der Waals surface area (Å²) in [6, 6.07) is 12.6. The fourth-order valence-electron chi connectivity index (χ4n) is 3.32. The maximum Gasteiger partial charge on any atom is 0.260 e. The standard InChI is InChI=1S/C22H17ClN2O4S/c1-13-4-6-16(23)20-19(13)24-22(30-20)25(12-15-3-2-8-27-15)21(26)14-5-7-17-18(11-14)29-10-9-28-17/h2-8,11H,9-10,12H2,1H3. The van der Waals surface area contributed by atoms with Crippen LogP contribution in [0.15, 0.2) is 53.1 Å². The molecule has 1 aliphatic rings. The molecule has 0 fully saturated rings. The molecule has 6 nitrogen and oxygen atoms in total. The van der Waals surface area contributed by atoms with E-state index in [9.17, 15) is 4.79 Å². The first-order valence-corrected chi connectivity index (χ1v) is 10.6. The van der Waals surface area contributed by atoms with E-state index in [-0.39, 0.29) is 12.5 Å². The summed E-state index contributed by atoms with van der Waals surface area (Å²) in [5.74, 6) is 1.64. The highest BCUT2D eigenvalue weighted by molar-refractivity contribution is 7.23. The second kappa shape index (κ2) is 7.66. The number of ether oxygens (including phenoxy) is 2. The number of aryl methyl sites for hydroxylation is 1. The van der Waals surface area contributed by atoms with Crippen LogP contribution in [0.4, 0.5) is 5.13 Å². The number of thiazole rings is 1. The highest BCUT2D eigenvalue weighted by Gasteiger charge is 2.25. The molecule has 5 rings (SSSR count). The number of hydrogen-bond acceptors (Lipinski definition) is 6. The lowest BCUT2D eigenvalue weighted by Gasteiger charge is -2.21. The number of furan rings is 1. The Balaban J connectivity index is 1.58. The Hall–Kier alpha value is -3.03. The first-order valence-electron chi connectivity index (χ1n) is 9.40. The molecule has 0 atom stereocenters. The van der Waals surface area contributed by atoms with Crippen molar-refractivity contribution < 1.29 is 18.7 Å². The van der Waals surface area contributed by atoms with Crippen molar-refractivity contribution in [1.29, 1.82) is 0 Å². The van der Waals surface area contributed by atoms with Crippen LogP contribution >= 0.6 is 22.9 Å². The predicted octanol–water partition coefficient (Wildman–Crippen LogP) is 5.47. The summed E-state index contributed by atoms with van der Waals surface area (Å²) >= 11 is 7.77. The number of aromatic nitrogens is 1. The van der Waals surface area contributed by atoms with Crippen LogP contribution in [0.3, 0.4) is 0 Å². The third kappa shape index (κ3) is 3.40. The molecule has 30 heavy (non-hydrogen) atoms. The van der Waals surface area contributed by atoms with Gasteiger partial charge >= 0.3 is 0 Å². The molecule has 1 aliphatic heterocycles. The van der Waals surface area contributed by atoms with Crippen molar-refractivity contribution in [2.45, 2.75) is 13.5 Å². The first kappa shape index (κ1) is 19.0. The molecule has 0 spiro atoms. The number of carbonyl (C=O) groups is 1. The zero-order chi connectivity index (χ0) is 20.7. The van der Waals surface area contributed by atoms with Crippen LogP contribution in [0, 0.1) is 6.92 Å². The molecule has 1 amide bonds. The molecular formula is C22H17ClN2O4S. The van der Waals surface area contributed by atoms with E-state index in [0.717, 1.165) is 15.8 Å². The van der Waals surface area contributed by atoms with E-state index < -0.39 is 0 Å². The van der Waals surface area contributed by atoms with Gasteiger partial charge < -0.3 is 13.9 Å². The summed E-state index contributed by atoms with van der Waals surface area (Å²) in [6.45, 7) is 3.17. The smallest absolute Gasteiger partial charge is 0.260 e. The molecule has 2 aromatic carbocycles. The van der Waals surface area contributed by atoms with Crippen molar-refractivity contribution >= 4 is 44.2 Å². The minimum Gasteiger partial charge on any atom is -0.486 e. The maximum absolute atomic E-state index is 13.5. The summed E-state index contributed by atoms with van der Waals surface area (Å²) < 4.78 is 17.6. The van der Waals surface area contributed by atoms with Gasteiger partial charge in [0.05, 0.1) is 28.0 Å². The second-order valence-electron chi connectivity index (χ2n) is 6.87. The maximum atomic E-state index is 13.5. The van der Waals surface area contributed by atoms with E-state index in [4.69, 9.17) is 30.5 Å². The lowest BCUT2D eigenvalue weighted by atomic mass is 10.1. The van der Waals surface area contributed by atoms with Gasteiger partial charge in [-0.2, -0.15) is 0 Å². The number of amides is 1. The van der Waals surface area contributed by atoms with Crippen LogP contribution in [0.25, 0.3) is 10.2 Å². The fourth-order valence-corrected chi connectivity index (χ4v) is 4.64. The van der Waals surface area contributed by atoms with Gasteiger partial charge in [-0.05, 0) is 48.9 Å². The lowest BCUT2D eigenvalue weighted by Crippen LogP contribution is -2.30. The number of nitrogens with zero attached hydrogens (tertiary/aromatic N) is 2. The van der Waals surface area contributed by atoms with E-state index in [0.29, 0.717) is 46.2 Å². The number of rotatable bonds is 4. The van der Waals surface area contributed by atoms with Crippen LogP contribution < -0.4 is 14.4 Å². The molecule has 4 aromatic rings. The van der Waals surface area contributed by atoms with Crippen molar-refractivity contribution in [2.75, 3.05) is 18.1 Å². The quantitative estimate of drug-likeness (QED) is 0.421. The van der Waals surface area contributed by atoms with E-state index in [1.807, 2.05) is 25.1 Å². The summed E-state index contributed by atoms with van der Waals surface area (Å²) in [7, 11) is 0. The highest BCUT2D eigenvalue weighted by Crippen LogP contribution is 2.37. The Morgan fingerprint density at radius 1 is 1.17 bits per heavy atom. The van der Waals surface area contributed by atoms with Crippen molar-refractivity contribution in [1.82, 2.24) is 4.98 Å². The molecule has 0 saturated carbocycles. The van der Waals surface area contributed by atoms with Gasteiger partial charge in [0.15, 0.2) is 16.6 Å². The zero-order valence-corrected chi connectivity index (χ0v) is 17.6. The lowest BCUT2D eigenvalue weighted by molar-refractivity contribution is 0.0982. The Bertz CT molecular complexity index is 1200. The topological polar surface area (TPSA) is 64.8 Å². The molecule has 0 unspecified atom stereocenters. The van der Waals surface area contributed by atoms with Gasteiger partial charge in [0, 0.05) is 5.56 Å². The Kier molecular flexibility index (Phi) is 4.84. The minimum absolute atomic E-state index is 0.212. The highest BCUT2D eigenvalue weighted by atomic mass is 35.5. The van der Waals surface area contributed by atoms with Gasteiger partial charge in [0.2, 0.25) is 0 Å². The molecule has 3 heterocycles. The number of benzene rings is 2. The van der Waals surface area contributed by atoms with Crippen molar-refractivity contribution in [3.63, 3.8) is 0 Å². The van der Waals surface area contributed by atoms with Gasteiger partial charge in [-0.15, -0.1) is 0 Å². The van der Waals surface area contributed by atoms with Crippen LogP contribution in [-0.2, 0) is 6.54 Å². The van der Waals surface area contributed by atoms with E-state index in [1.54, 1.807) is 35.4 Å². The molecule has 0 radical (unpaired) electrons. The van der Waals surface area contributed by atoms with Crippen LogP contribution in [0.5, 0.6) is 11.5 Å². The molecule has 152 valence electrons. The third-order valence-corrected chi connectivity index (χ3v) is 6.38. The number of fused-ring (bicyclic) bond motifs is 2. The third-order valence-electron chi connectivity index (χ3n) is 4.85. The molecule has 0 N–H and O–H groups in total. The summed E-state index contributed by atoms with van der Waals surface area (Å²) in [4.78, 5) is 19.9. The Morgan fingerprint density at radius 3 is 2.77 bits per heavy atom. The Morgan fingerprint density at radius 2 is 2.00 bits per heavy atom. The minimum atomic E-state index is -0.212. The van der Waals surface area contributed by atoms with Crippen LogP contribution in [0.1, 0.15) is 21.7 Å². The average Bonchev–Trinajstić information content (AvgIpc) is 3.44. The number of carbonyl (C=O) groups excluding carboxylic acids is 1. The molecule has 0 aliphatic carbocycles. The monoisotopic (exact) mass is 440 g/mol. The second-order valence-corrected chi connectivity index (χ2v) is 8.25. The van der Waals surface area contributed by atoms with Crippen molar-refractivity contribution in [2.24, 2.45) is 0 Å². The summed E-state index contributed by atoms with van der Waals surface area (Å²) in [5.41, 5.74) is 2.27. The van der Waals surface area contributed by atoms with Gasteiger partial charge in [0.1, 0.15) is 19.0 Å². The molecule has 0 bridgehead atoms. The van der Waals surface area contributed by atoms with Crippen LogP contribution in [-0.4, -0.2) is 24.1 Å². The van der Waals surface area contributed by atoms with Gasteiger partial charge in [-0.3, -0.25) is 9.69 Å².